The summed E-state index contributed by atoms with van der Waals surface area (Å²) in [4.78, 5) is 30.7. The zero-order valence-electron chi connectivity index (χ0n) is 17.4. The number of hydroxylamine groups is 1. The van der Waals surface area contributed by atoms with Gasteiger partial charge in [-0.3, -0.25) is 9.63 Å². The highest BCUT2D eigenvalue weighted by molar-refractivity contribution is 6.34. The smallest absolute Gasteiger partial charge is 0.281 e. The molecule has 1 saturated heterocycles. The van der Waals surface area contributed by atoms with Crippen LogP contribution < -0.4 is 15.5 Å². The number of hydrogen-bond acceptors (Lipinski definition) is 7. The maximum atomic E-state index is 11.4. The van der Waals surface area contributed by atoms with Crippen molar-refractivity contribution < 1.29 is 14.4 Å². The normalized spacial score (nSPS) is 15.2. The number of imidazole rings is 1. The van der Waals surface area contributed by atoms with Gasteiger partial charge in [0.1, 0.15) is 17.1 Å². The first-order valence-corrected chi connectivity index (χ1v) is 10.5. The number of carbonyl (C=O) groups excluding carboxylic acids is 1. The Hall–Kier alpha value is -2.88. The number of aromatic amines is 1. The minimum absolute atomic E-state index is 0.133. The summed E-state index contributed by atoms with van der Waals surface area (Å²) in [5, 5.41) is 4.13. The number of carbonyl (C=O) groups is 1. The molecule has 2 aromatic heterocycles. The third-order valence-electron chi connectivity index (χ3n) is 5.25. The van der Waals surface area contributed by atoms with Gasteiger partial charge in [-0.25, -0.2) is 15.4 Å². The van der Waals surface area contributed by atoms with E-state index in [9.17, 15) is 4.79 Å². The lowest BCUT2D eigenvalue weighted by Gasteiger charge is -2.30. The molecule has 1 aliphatic heterocycles. The predicted molar refractivity (Wildman–Crippen MR) is 119 cm³/mol. The Morgan fingerprint density at radius 3 is 2.74 bits per heavy atom. The van der Waals surface area contributed by atoms with Crippen LogP contribution in [0.4, 0.5) is 5.69 Å². The van der Waals surface area contributed by atoms with E-state index in [2.05, 4.69) is 37.6 Å². The monoisotopic (exact) mass is 444 g/mol. The van der Waals surface area contributed by atoms with Crippen LogP contribution in [0.2, 0.25) is 5.02 Å². The summed E-state index contributed by atoms with van der Waals surface area (Å²) in [5.41, 5.74) is 5.28. The number of halogens is 1. The van der Waals surface area contributed by atoms with Crippen molar-refractivity contribution in [1.82, 2.24) is 25.3 Å². The van der Waals surface area contributed by atoms with Gasteiger partial charge in [0.2, 0.25) is 0 Å². The fraction of sp³-hybridized carbons (Fsp3) is 0.381. The first kappa shape index (κ1) is 21.4. The van der Waals surface area contributed by atoms with E-state index in [1.807, 2.05) is 12.1 Å². The molecule has 1 fully saturated rings. The van der Waals surface area contributed by atoms with Gasteiger partial charge in [0.25, 0.3) is 5.91 Å². The van der Waals surface area contributed by atoms with Gasteiger partial charge in [0.15, 0.2) is 12.3 Å². The fourth-order valence-corrected chi connectivity index (χ4v) is 3.76. The lowest BCUT2D eigenvalue weighted by Crippen LogP contribution is -2.36. The zero-order chi connectivity index (χ0) is 21.8. The van der Waals surface area contributed by atoms with Crippen LogP contribution >= 0.6 is 11.6 Å². The van der Waals surface area contributed by atoms with Crippen LogP contribution in [0.3, 0.4) is 0 Å². The molecular weight excluding hydrogens is 420 g/mol. The topological polar surface area (TPSA) is 104 Å². The van der Waals surface area contributed by atoms with Gasteiger partial charge in [-0.15, -0.1) is 0 Å². The summed E-state index contributed by atoms with van der Waals surface area (Å²) in [7, 11) is 3.51. The van der Waals surface area contributed by atoms with Crippen molar-refractivity contribution in [2.75, 3.05) is 39.2 Å². The van der Waals surface area contributed by atoms with E-state index in [4.69, 9.17) is 21.3 Å². The fourth-order valence-electron chi connectivity index (χ4n) is 3.56. The molecule has 31 heavy (non-hydrogen) atoms. The Labute approximate surface area is 185 Å². The number of nitrogens with one attached hydrogen (secondary N) is 3. The highest BCUT2D eigenvalue weighted by Crippen LogP contribution is 2.32. The summed E-state index contributed by atoms with van der Waals surface area (Å²) in [6.07, 6.45) is 3.75. The molecule has 4 rings (SSSR count). The number of fused-ring (bicyclic) bond motifs is 1. The second-order valence-electron chi connectivity index (χ2n) is 7.53. The largest absolute Gasteiger partial charge is 0.484 e. The van der Waals surface area contributed by atoms with Crippen LogP contribution in [0, 0.1) is 0 Å². The van der Waals surface area contributed by atoms with E-state index < -0.39 is 0 Å². The molecule has 0 spiro atoms. The van der Waals surface area contributed by atoms with E-state index in [0.29, 0.717) is 28.3 Å². The molecule has 0 unspecified atom stereocenters. The molecule has 1 aromatic carbocycles. The first-order valence-electron chi connectivity index (χ1n) is 10.1. The van der Waals surface area contributed by atoms with Gasteiger partial charge < -0.3 is 19.9 Å². The standard InChI is InChI=1S/C21H25ClN6O3/c1-28-9-7-14(8-10-28)24-18-16(22)11-23-21-19(18)25-20(26-21)13-3-5-15(6-4-13)31-12-17(29)27-30-2/h3-6,11,14H,7-10,12H2,1-2H3,(H,27,29)(H2,23,24,25,26). The molecule has 0 atom stereocenters. The molecule has 0 bridgehead atoms. The van der Waals surface area contributed by atoms with Crippen LogP contribution in [0.1, 0.15) is 12.8 Å². The molecular formula is C21H25ClN6O3. The average Bonchev–Trinajstić information content (AvgIpc) is 3.21. The summed E-state index contributed by atoms with van der Waals surface area (Å²) in [6.45, 7) is 1.97. The number of nitrogens with zero attached hydrogens (tertiary/aromatic N) is 3. The quantitative estimate of drug-likeness (QED) is 0.481. The summed E-state index contributed by atoms with van der Waals surface area (Å²) in [5.74, 6) is 0.883. The number of amides is 1. The molecule has 0 saturated carbocycles. The number of likely N-dealkylation sites (tertiary alicyclic amines) is 1. The van der Waals surface area contributed by atoms with Crippen molar-refractivity contribution >= 4 is 34.4 Å². The van der Waals surface area contributed by atoms with E-state index >= 15 is 0 Å². The first-order chi connectivity index (χ1) is 15.0. The molecule has 3 aromatic rings. The number of ether oxygens (including phenoxy) is 1. The second kappa shape index (κ2) is 9.51. The third kappa shape index (κ3) is 5.07. The second-order valence-corrected chi connectivity index (χ2v) is 7.94. The number of piperidine rings is 1. The minimum Gasteiger partial charge on any atom is -0.484 e. The number of pyridine rings is 1. The van der Waals surface area contributed by atoms with E-state index in [0.717, 1.165) is 42.7 Å². The Morgan fingerprint density at radius 2 is 2.03 bits per heavy atom. The number of hydrogen-bond donors (Lipinski definition) is 3. The van der Waals surface area contributed by atoms with Crippen molar-refractivity contribution in [1.29, 1.82) is 0 Å². The van der Waals surface area contributed by atoms with Gasteiger partial charge in [-0.2, -0.15) is 0 Å². The number of benzene rings is 1. The molecule has 1 aliphatic rings. The SMILES string of the molecule is CONC(=O)COc1ccc(-c2nc3c(NC4CCN(C)CC4)c(Cl)cnc3[nH]2)cc1. The average molecular weight is 445 g/mol. The summed E-state index contributed by atoms with van der Waals surface area (Å²) < 4.78 is 5.43. The summed E-state index contributed by atoms with van der Waals surface area (Å²) >= 11 is 6.46. The zero-order valence-corrected chi connectivity index (χ0v) is 18.2. The molecule has 9 nitrogen and oxygen atoms in total. The van der Waals surface area contributed by atoms with Crippen molar-refractivity contribution in [2.24, 2.45) is 0 Å². The maximum absolute atomic E-state index is 11.4. The van der Waals surface area contributed by atoms with Gasteiger partial charge in [0.05, 0.1) is 24.0 Å². The predicted octanol–water partition coefficient (Wildman–Crippen LogP) is 2.84. The van der Waals surface area contributed by atoms with E-state index in [1.54, 1.807) is 18.3 Å². The van der Waals surface area contributed by atoms with Crippen molar-refractivity contribution in [3.63, 3.8) is 0 Å². The Morgan fingerprint density at radius 1 is 1.29 bits per heavy atom. The number of H-pyrrole nitrogens is 1. The molecule has 3 heterocycles. The van der Waals surface area contributed by atoms with Crippen molar-refractivity contribution in [3.05, 3.63) is 35.5 Å². The van der Waals surface area contributed by atoms with Crippen LogP contribution in [0.5, 0.6) is 5.75 Å². The molecule has 3 N–H and O–H groups in total. The van der Waals surface area contributed by atoms with Gasteiger partial charge >= 0.3 is 0 Å². The number of aromatic nitrogens is 3. The van der Waals surface area contributed by atoms with E-state index in [-0.39, 0.29) is 12.5 Å². The Balaban J connectivity index is 1.52. The van der Waals surface area contributed by atoms with Gasteiger partial charge in [-0.05, 0) is 57.2 Å². The molecule has 164 valence electrons. The van der Waals surface area contributed by atoms with Gasteiger partial charge in [0, 0.05) is 11.6 Å². The molecule has 1 amide bonds. The Bertz CT molecular complexity index is 1050. The van der Waals surface area contributed by atoms with E-state index in [1.165, 1.54) is 7.11 Å². The number of anilines is 1. The van der Waals surface area contributed by atoms with Crippen LogP contribution in [-0.2, 0) is 9.63 Å². The molecule has 10 heteroatoms. The highest BCUT2D eigenvalue weighted by Gasteiger charge is 2.20. The van der Waals surface area contributed by atoms with Crippen LogP contribution in [0.15, 0.2) is 30.5 Å². The highest BCUT2D eigenvalue weighted by atomic mass is 35.5. The van der Waals surface area contributed by atoms with Gasteiger partial charge in [-0.1, -0.05) is 11.6 Å². The third-order valence-corrected chi connectivity index (χ3v) is 5.53. The van der Waals surface area contributed by atoms with Crippen LogP contribution in [-0.4, -0.2) is 65.7 Å². The molecule has 0 aliphatic carbocycles. The minimum atomic E-state index is -0.364. The number of rotatable bonds is 7. The van der Waals surface area contributed by atoms with Crippen LogP contribution in [0.25, 0.3) is 22.6 Å². The van der Waals surface area contributed by atoms with Crippen molar-refractivity contribution in [2.45, 2.75) is 18.9 Å². The Kier molecular flexibility index (Phi) is 6.55. The summed E-state index contributed by atoms with van der Waals surface area (Å²) in [6, 6.07) is 7.65. The lowest BCUT2D eigenvalue weighted by atomic mass is 10.1. The molecule has 0 radical (unpaired) electrons. The maximum Gasteiger partial charge on any atom is 0.281 e. The lowest BCUT2D eigenvalue weighted by molar-refractivity contribution is -0.133. The van der Waals surface area contributed by atoms with Crippen molar-refractivity contribution in [3.8, 4) is 17.1 Å².